The predicted octanol–water partition coefficient (Wildman–Crippen LogP) is 0.0657. The van der Waals surface area contributed by atoms with Crippen LogP contribution >= 0.6 is 0 Å². The van der Waals surface area contributed by atoms with Gasteiger partial charge in [-0.1, -0.05) is 0 Å². The maximum absolute atomic E-state index is 12.1. The van der Waals surface area contributed by atoms with Crippen molar-refractivity contribution in [3.63, 3.8) is 0 Å². The van der Waals surface area contributed by atoms with Crippen LogP contribution in [-0.2, 0) is 14.3 Å². The molecule has 0 atom stereocenters. The van der Waals surface area contributed by atoms with Crippen molar-refractivity contribution in [3.05, 3.63) is 56.9 Å². The van der Waals surface area contributed by atoms with Crippen molar-refractivity contribution in [2.24, 2.45) is 0 Å². The van der Waals surface area contributed by atoms with Crippen LogP contribution in [0.1, 0.15) is 17.3 Å². The number of hydrogen-bond acceptors (Lipinski definition) is 6. The van der Waals surface area contributed by atoms with E-state index < -0.39 is 17.2 Å². The lowest BCUT2D eigenvalue weighted by molar-refractivity contribution is -0.125. The first-order chi connectivity index (χ1) is 12.5. The second-order valence-electron chi connectivity index (χ2n) is 5.51. The van der Waals surface area contributed by atoms with Gasteiger partial charge in [-0.2, -0.15) is 0 Å². The number of rotatable bonds is 4. The fourth-order valence-electron chi connectivity index (χ4n) is 2.60. The summed E-state index contributed by atoms with van der Waals surface area (Å²) in [5.74, 6) is -0.951. The molecule has 0 radical (unpaired) electrons. The van der Waals surface area contributed by atoms with E-state index >= 15 is 0 Å². The molecule has 1 N–H and O–H groups in total. The van der Waals surface area contributed by atoms with Crippen LogP contribution in [0.3, 0.4) is 0 Å². The van der Waals surface area contributed by atoms with Gasteiger partial charge in [0.2, 0.25) is 0 Å². The highest BCUT2D eigenvalue weighted by Gasteiger charge is 2.20. The first kappa shape index (κ1) is 17.6. The summed E-state index contributed by atoms with van der Waals surface area (Å²) in [5.41, 5.74) is -0.649. The van der Waals surface area contributed by atoms with Crippen molar-refractivity contribution < 1.29 is 19.1 Å². The first-order valence-corrected chi connectivity index (χ1v) is 8.03. The van der Waals surface area contributed by atoms with Crippen molar-refractivity contribution in [3.8, 4) is 5.69 Å². The van der Waals surface area contributed by atoms with Gasteiger partial charge >= 0.3 is 11.7 Å². The van der Waals surface area contributed by atoms with Crippen LogP contribution in [0.2, 0.25) is 0 Å². The summed E-state index contributed by atoms with van der Waals surface area (Å²) in [6, 6.07) is 6.60. The zero-order valence-corrected chi connectivity index (χ0v) is 14.1. The number of amides is 1. The van der Waals surface area contributed by atoms with Gasteiger partial charge in [-0.15, -0.1) is 0 Å². The van der Waals surface area contributed by atoms with Gasteiger partial charge in [-0.25, -0.2) is 9.59 Å². The minimum Gasteiger partial charge on any atom is -0.462 e. The minimum atomic E-state index is -0.807. The van der Waals surface area contributed by atoms with Gasteiger partial charge in [0.25, 0.3) is 11.5 Å². The van der Waals surface area contributed by atoms with E-state index in [4.69, 9.17) is 9.47 Å². The molecule has 2 heterocycles. The van der Waals surface area contributed by atoms with E-state index in [2.05, 4.69) is 4.98 Å². The third-order valence-electron chi connectivity index (χ3n) is 3.86. The highest BCUT2D eigenvalue weighted by Crippen LogP contribution is 2.18. The molecule has 3 rings (SSSR count). The van der Waals surface area contributed by atoms with Gasteiger partial charge in [0.15, 0.2) is 0 Å². The Morgan fingerprint density at radius 1 is 1.19 bits per heavy atom. The number of carbonyl (C=O) groups excluding carboxylic acids is 2. The minimum absolute atomic E-state index is 0.0318. The molecule has 136 valence electrons. The highest BCUT2D eigenvalue weighted by molar-refractivity contribution is 5.94. The van der Waals surface area contributed by atoms with E-state index in [1.54, 1.807) is 36.1 Å². The molecule has 1 amide bonds. The molecule has 9 heteroatoms. The quantitative estimate of drug-likeness (QED) is 0.773. The van der Waals surface area contributed by atoms with Crippen molar-refractivity contribution in [2.45, 2.75) is 6.92 Å². The number of H-pyrrole nitrogens is 1. The molecular weight excluding hydrogens is 342 g/mol. The number of morpholine rings is 1. The normalized spacial score (nSPS) is 14.3. The van der Waals surface area contributed by atoms with Crippen LogP contribution in [0.4, 0.5) is 5.69 Å². The Labute approximate surface area is 147 Å². The Kier molecular flexibility index (Phi) is 4.99. The third-order valence-corrected chi connectivity index (χ3v) is 3.86. The molecule has 1 aromatic heterocycles. The fraction of sp³-hybridized carbons (Fsp3) is 0.294. The molecule has 1 aliphatic heterocycles. The van der Waals surface area contributed by atoms with Crippen LogP contribution in [-0.4, -0.2) is 47.8 Å². The van der Waals surface area contributed by atoms with Gasteiger partial charge in [0.05, 0.1) is 18.9 Å². The molecule has 1 aliphatic rings. The van der Waals surface area contributed by atoms with Gasteiger partial charge < -0.3 is 14.4 Å². The van der Waals surface area contributed by atoms with Crippen LogP contribution in [0, 0.1) is 0 Å². The van der Waals surface area contributed by atoms with Crippen LogP contribution < -0.4 is 16.1 Å². The van der Waals surface area contributed by atoms with Crippen molar-refractivity contribution in [1.82, 2.24) is 9.55 Å². The van der Waals surface area contributed by atoms with Gasteiger partial charge in [-0.05, 0) is 31.2 Å². The molecular formula is C17H17N3O6. The molecule has 9 nitrogen and oxygen atoms in total. The van der Waals surface area contributed by atoms with Gasteiger partial charge in [0.1, 0.15) is 12.2 Å². The molecule has 0 aliphatic carbocycles. The molecule has 0 saturated carbocycles. The van der Waals surface area contributed by atoms with Crippen LogP contribution in [0.25, 0.3) is 5.69 Å². The monoisotopic (exact) mass is 359 g/mol. The summed E-state index contributed by atoms with van der Waals surface area (Å²) >= 11 is 0. The molecule has 0 spiro atoms. The Balaban J connectivity index is 1.95. The summed E-state index contributed by atoms with van der Waals surface area (Å²) in [6.07, 6.45) is 1.15. The van der Waals surface area contributed by atoms with Crippen molar-refractivity contribution in [1.29, 1.82) is 0 Å². The van der Waals surface area contributed by atoms with E-state index in [1.165, 1.54) is 0 Å². The zero-order valence-electron chi connectivity index (χ0n) is 14.1. The van der Waals surface area contributed by atoms with Gasteiger partial charge in [0, 0.05) is 18.4 Å². The number of ether oxygens (including phenoxy) is 2. The highest BCUT2D eigenvalue weighted by atomic mass is 16.5. The first-order valence-electron chi connectivity index (χ1n) is 8.03. The standard InChI is InChI=1S/C17H17N3O6/c1-2-26-16(23)13-9-20(17(24)18-15(13)22)12-5-3-11(4-6-12)19-7-8-25-10-14(19)21/h3-6,9H,2,7-8,10H2,1H3,(H,18,22,24). The number of esters is 1. The number of aromatic nitrogens is 2. The van der Waals surface area contributed by atoms with E-state index in [9.17, 15) is 19.2 Å². The van der Waals surface area contributed by atoms with E-state index in [0.717, 1.165) is 10.8 Å². The largest absolute Gasteiger partial charge is 0.462 e. The summed E-state index contributed by atoms with van der Waals surface area (Å²) in [7, 11) is 0. The number of hydrogen-bond donors (Lipinski definition) is 1. The third kappa shape index (κ3) is 3.42. The maximum atomic E-state index is 12.1. The Morgan fingerprint density at radius 3 is 2.54 bits per heavy atom. The molecule has 0 bridgehead atoms. The topological polar surface area (TPSA) is 111 Å². The van der Waals surface area contributed by atoms with E-state index in [0.29, 0.717) is 24.5 Å². The van der Waals surface area contributed by atoms with Crippen molar-refractivity contribution in [2.75, 3.05) is 31.3 Å². The SMILES string of the molecule is CCOC(=O)c1cn(-c2ccc(N3CCOCC3=O)cc2)c(=O)[nH]c1=O. The van der Waals surface area contributed by atoms with E-state index in [-0.39, 0.29) is 24.7 Å². The molecule has 1 fully saturated rings. The smallest absolute Gasteiger partial charge is 0.345 e. The summed E-state index contributed by atoms with van der Waals surface area (Å²) in [4.78, 5) is 51.3. The number of nitrogens with one attached hydrogen (secondary N) is 1. The Hall–Kier alpha value is -3.20. The molecule has 26 heavy (non-hydrogen) atoms. The predicted molar refractivity (Wildman–Crippen MR) is 91.8 cm³/mol. The average Bonchev–Trinajstić information content (AvgIpc) is 2.63. The number of aromatic amines is 1. The maximum Gasteiger partial charge on any atom is 0.345 e. The zero-order chi connectivity index (χ0) is 18.7. The number of carbonyl (C=O) groups is 2. The lowest BCUT2D eigenvalue weighted by atomic mass is 10.2. The number of anilines is 1. The summed E-state index contributed by atoms with van der Waals surface area (Å²) < 4.78 is 11.1. The number of benzene rings is 1. The Bertz CT molecular complexity index is 944. The molecule has 1 aromatic carbocycles. The van der Waals surface area contributed by atoms with Crippen LogP contribution in [0.5, 0.6) is 0 Å². The van der Waals surface area contributed by atoms with Crippen molar-refractivity contribution >= 4 is 17.6 Å². The lowest BCUT2D eigenvalue weighted by Crippen LogP contribution is -2.41. The Morgan fingerprint density at radius 2 is 1.88 bits per heavy atom. The average molecular weight is 359 g/mol. The molecule has 0 unspecified atom stereocenters. The summed E-state index contributed by atoms with van der Waals surface area (Å²) in [5, 5.41) is 0. The number of nitrogens with zero attached hydrogens (tertiary/aromatic N) is 2. The second-order valence-corrected chi connectivity index (χ2v) is 5.51. The molecule has 1 saturated heterocycles. The van der Waals surface area contributed by atoms with Gasteiger partial charge in [-0.3, -0.25) is 19.1 Å². The lowest BCUT2D eigenvalue weighted by Gasteiger charge is -2.26. The second kappa shape index (κ2) is 7.36. The summed E-state index contributed by atoms with van der Waals surface area (Å²) in [6.45, 7) is 2.66. The fourth-order valence-corrected chi connectivity index (χ4v) is 2.60. The molecule has 2 aromatic rings. The van der Waals surface area contributed by atoms with E-state index in [1.807, 2.05) is 0 Å². The van der Waals surface area contributed by atoms with Crippen LogP contribution in [0.15, 0.2) is 40.1 Å².